The molecule has 0 N–H and O–H groups in total. The van der Waals surface area contributed by atoms with Gasteiger partial charge in [0.2, 0.25) is 11.9 Å². The number of hydrogen-bond donors (Lipinski definition) is 0. The largest absolute Gasteiger partial charge is 0.278 e. The van der Waals surface area contributed by atoms with Crippen LogP contribution < -0.4 is 0 Å². The van der Waals surface area contributed by atoms with E-state index < -0.39 is 0 Å². The number of benzene rings is 11. The van der Waals surface area contributed by atoms with Gasteiger partial charge in [-0.15, -0.1) is 22.7 Å². The highest BCUT2D eigenvalue weighted by Crippen LogP contribution is 2.42. The molecule has 5 heterocycles. The summed E-state index contributed by atoms with van der Waals surface area (Å²) in [6, 6.07) is 89.9. The molecule has 16 rings (SSSR count). The van der Waals surface area contributed by atoms with Crippen molar-refractivity contribution < 1.29 is 0 Å². The molecule has 0 spiro atoms. The van der Waals surface area contributed by atoms with Crippen molar-refractivity contribution in [1.82, 2.24) is 24.1 Å². The van der Waals surface area contributed by atoms with Gasteiger partial charge >= 0.3 is 0 Å². The Morgan fingerprint density at radius 2 is 0.645 bits per heavy atom. The normalized spacial score (nSPS) is 11.9. The summed E-state index contributed by atoms with van der Waals surface area (Å²) in [6.45, 7) is 0. The first-order chi connectivity index (χ1) is 37.6. The first-order valence-electron chi connectivity index (χ1n) is 25.6. The molecular formula is C69H41N5S2. The van der Waals surface area contributed by atoms with E-state index in [1.54, 1.807) is 0 Å². The second-order valence-corrected chi connectivity index (χ2v) is 21.7. The molecule has 0 aliphatic heterocycles. The van der Waals surface area contributed by atoms with Crippen LogP contribution in [0.2, 0.25) is 0 Å². The van der Waals surface area contributed by atoms with Gasteiger partial charge in [-0.25, -0.2) is 0 Å². The van der Waals surface area contributed by atoms with Crippen LogP contribution in [0.5, 0.6) is 0 Å². The number of thiophene rings is 2. The van der Waals surface area contributed by atoms with Crippen LogP contribution in [0.4, 0.5) is 0 Å². The van der Waals surface area contributed by atoms with Crippen LogP contribution in [0.25, 0.3) is 152 Å². The molecule has 0 saturated heterocycles. The third-order valence-corrected chi connectivity index (χ3v) is 17.5. The van der Waals surface area contributed by atoms with Gasteiger partial charge in [0.1, 0.15) is 0 Å². The molecule has 0 amide bonds. The van der Waals surface area contributed by atoms with Crippen molar-refractivity contribution >= 4 is 107 Å². The van der Waals surface area contributed by atoms with E-state index in [0.717, 1.165) is 93.7 Å². The summed E-state index contributed by atoms with van der Waals surface area (Å²) in [5.41, 5.74) is 14.1. The number of para-hydroxylation sites is 2. The van der Waals surface area contributed by atoms with Crippen LogP contribution in [0.15, 0.2) is 249 Å². The van der Waals surface area contributed by atoms with Gasteiger partial charge in [-0.2, -0.15) is 15.0 Å². The van der Waals surface area contributed by atoms with Gasteiger partial charge in [-0.05, 0) is 111 Å². The average molecular weight is 1000 g/mol. The van der Waals surface area contributed by atoms with Crippen molar-refractivity contribution in [3.05, 3.63) is 249 Å². The lowest BCUT2D eigenvalue weighted by atomic mass is 9.94. The van der Waals surface area contributed by atoms with Gasteiger partial charge < -0.3 is 0 Å². The fourth-order valence-electron chi connectivity index (χ4n) is 11.7. The fourth-order valence-corrected chi connectivity index (χ4v) is 13.8. The Morgan fingerprint density at radius 1 is 0.237 bits per heavy atom. The molecule has 0 saturated carbocycles. The van der Waals surface area contributed by atoms with Gasteiger partial charge in [-0.3, -0.25) is 9.13 Å². The first-order valence-corrected chi connectivity index (χ1v) is 27.2. The van der Waals surface area contributed by atoms with Gasteiger partial charge in [0, 0.05) is 67.5 Å². The molecule has 0 bridgehead atoms. The molecule has 5 nitrogen and oxygen atoms in total. The lowest BCUT2D eigenvalue weighted by Gasteiger charge is -2.14. The number of hydrogen-bond acceptors (Lipinski definition) is 5. The summed E-state index contributed by atoms with van der Waals surface area (Å²) in [6.07, 6.45) is 0. The molecule has 76 heavy (non-hydrogen) atoms. The predicted molar refractivity (Wildman–Crippen MR) is 321 cm³/mol. The van der Waals surface area contributed by atoms with Crippen molar-refractivity contribution in [2.75, 3.05) is 0 Å². The van der Waals surface area contributed by atoms with Crippen molar-refractivity contribution in [2.45, 2.75) is 0 Å². The lowest BCUT2D eigenvalue weighted by molar-refractivity contribution is 0.893. The minimum Gasteiger partial charge on any atom is -0.278 e. The SMILES string of the molecule is c1ccc(-c2ccccc2-c2cccc(-c3nc(-n4c5ccccc5c5ccc(-c6ccc7sc8ccccc8c7c6)cc54)nc(-n4c5ccccc5c5ccc(-c6ccc7sc8ccccc8c7c6)cc54)n3)c2)cc1. The quantitative estimate of drug-likeness (QED) is 0.160. The summed E-state index contributed by atoms with van der Waals surface area (Å²) in [7, 11) is 0. The summed E-state index contributed by atoms with van der Waals surface area (Å²) in [5.74, 6) is 1.65. The molecule has 7 heteroatoms. The maximum Gasteiger partial charge on any atom is 0.240 e. The monoisotopic (exact) mass is 1000 g/mol. The number of fused-ring (bicyclic) bond motifs is 12. The highest BCUT2D eigenvalue weighted by atomic mass is 32.1. The standard InChI is InChI=1S/C69H41N5S2/c1-2-15-42(16-3-1)49-19-4-5-20-50(49)47-17-14-18-48(37-47)67-70-68(73-59-25-10-6-21-51(59)53-33-29-45(40-61(53)73)43-31-35-65-57(38-43)55-23-8-12-27-63(55)75-65)72-69(71-67)74-60-26-11-7-22-52(60)54-34-30-46(41-62(54)74)44-32-36-66-58(39-44)56-24-9-13-28-64(56)76-66/h1-41H. The summed E-state index contributed by atoms with van der Waals surface area (Å²) < 4.78 is 9.65. The summed E-state index contributed by atoms with van der Waals surface area (Å²) >= 11 is 3.69. The molecule has 0 unspecified atom stereocenters. The third-order valence-electron chi connectivity index (χ3n) is 15.2. The molecule has 16 aromatic rings. The van der Waals surface area contributed by atoms with E-state index in [4.69, 9.17) is 15.0 Å². The topological polar surface area (TPSA) is 48.5 Å². The number of nitrogens with zero attached hydrogens (tertiary/aromatic N) is 5. The Labute approximate surface area is 444 Å². The smallest absolute Gasteiger partial charge is 0.240 e. The predicted octanol–water partition coefficient (Wildman–Crippen LogP) is 19.1. The van der Waals surface area contributed by atoms with Crippen molar-refractivity contribution in [3.63, 3.8) is 0 Å². The lowest BCUT2D eigenvalue weighted by Crippen LogP contribution is -2.10. The highest BCUT2D eigenvalue weighted by Gasteiger charge is 2.22. The second-order valence-electron chi connectivity index (χ2n) is 19.5. The zero-order valence-electron chi connectivity index (χ0n) is 40.7. The zero-order chi connectivity index (χ0) is 49.8. The molecule has 0 aliphatic rings. The molecule has 11 aromatic carbocycles. The van der Waals surface area contributed by atoms with Gasteiger partial charge in [-0.1, -0.05) is 182 Å². The van der Waals surface area contributed by atoms with Gasteiger partial charge in [0.15, 0.2) is 5.82 Å². The van der Waals surface area contributed by atoms with E-state index in [1.807, 2.05) is 22.7 Å². The Kier molecular flexibility index (Phi) is 9.61. The van der Waals surface area contributed by atoms with Crippen LogP contribution >= 0.6 is 22.7 Å². The minimum absolute atomic E-state index is 0.537. The van der Waals surface area contributed by atoms with Gasteiger partial charge in [0.25, 0.3) is 0 Å². The maximum atomic E-state index is 5.63. The Morgan fingerprint density at radius 3 is 1.21 bits per heavy atom. The number of aromatic nitrogens is 5. The summed E-state index contributed by atoms with van der Waals surface area (Å²) in [5, 5.41) is 9.62. The fraction of sp³-hybridized carbons (Fsp3) is 0. The summed E-state index contributed by atoms with van der Waals surface area (Å²) in [4.78, 5) is 16.7. The van der Waals surface area contributed by atoms with Crippen LogP contribution in [-0.4, -0.2) is 24.1 Å². The molecule has 0 radical (unpaired) electrons. The third kappa shape index (κ3) is 6.80. The zero-order valence-corrected chi connectivity index (χ0v) is 42.4. The van der Waals surface area contributed by atoms with E-state index in [1.165, 1.54) is 40.3 Å². The van der Waals surface area contributed by atoms with Gasteiger partial charge in [0.05, 0.1) is 22.1 Å². The van der Waals surface area contributed by atoms with Crippen LogP contribution in [0.3, 0.4) is 0 Å². The Hall–Kier alpha value is -9.53. The van der Waals surface area contributed by atoms with E-state index in [9.17, 15) is 0 Å². The van der Waals surface area contributed by atoms with Crippen LogP contribution in [-0.2, 0) is 0 Å². The average Bonchev–Trinajstić information content (AvgIpc) is 4.25. The van der Waals surface area contributed by atoms with Crippen molar-refractivity contribution in [2.24, 2.45) is 0 Å². The molecule has 0 aliphatic carbocycles. The Balaban J connectivity index is 0.942. The number of rotatable bonds is 7. The Bertz CT molecular complexity index is 4770. The molecule has 0 fully saturated rings. The van der Waals surface area contributed by atoms with Crippen molar-refractivity contribution in [1.29, 1.82) is 0 Å². The molecule has 0 atom stereocenters. The van der Waals surface area contributed by atoms with Crippen LogP contribution in [0, 0.1) is 0 Å². The highest BCUT2D eigenvalue weighted by molar-refractivity contribution is 7.26. The first kappa shape index (κ1) is 42.9. The minimum atomic E-state index is 0.537. The van der Waals surface area contributed by atoms with Crippen LogP contribution in [0.1, 0.15) is 0 Å². The molecule has 5 aromatic heterocycles. The van der Waals surface area contributed by atoms with Crippen molar-refractivity contribution in [3.8, 4) is 67.8 Å². The second kappa shape index (κ2) is 17.0. The van der Waals surface area contributed by atoms with E-state index in [0.29, 0.717) is 17.7 Å². The maximum absolute atomic E-state index is 5.63. The molecule has 354 valence electrons. The van der Waals surface area contributed by atoms with E-state index in [-0.39, 0.29) is 0 Å². The van der Waals surface area contributed by atoms with E-state index >= 15 is 0 Å². The van der Waals surface area contributed by atoms with E-state index in [2.05, 4.69) is 258 Å². The molecular weight excluding hydrogens is 963 g/mol.